The van der Waals surface area contributed by atoms with Crippen LogP contribution in [0.15, 0.2) is 33.7 Å². The fraction of sp³-hybridized carbons (Fsp3) is 0.500. The monoisotopic (exact) mass is 354 g/mol. The lowest BCUT2D eigenvalue weighted by Gasteiger charge is -2.30. The maximum Gasteiger partial charge on any atom is 0.227 e. The Balaban J connectivity index is 0.00000192. The van der Waals surface area contributed by atoms with Crippen LogP contribution in [-0.4, -0.2) is 47.5 Å². The molecule has 1 aromatic carbocycles. The molecule has 0 amide bonds. The first-order chi connectivity index (χ1) is 10.7. The number of piperazine rings is 1. The van der Waals surface area contributed by atoms with Gasteiger partial charge in [-0.2, -0.15) is 4.98 Å². The molecule has 0 spiro atoms. The van der Waals surface area contributed by atoms with Gasteiger partial charge in [0.05, 0.1) is 6.04 Å². The van der Waals surface area contributed by atoms with E-state index in [0.717, 1.165) is 43.5 Å². The van der Waals surface area contributed by atoms with Crippen LogP contribution in [0.5, 0.6) is 0 Å². The highest BCUT2D eigenvalue weighted by Crippen LogP contribution is 2.21. The topological polar surface area (TPSA) is 54.2 Å². The molecular formula is C16H23ClN4OS. The predicted molar refractivity (Wildman–Crippen MR) is 95.4 cm³/mol. The minimum Gasteiger partial charge on any atom is -0.339 e. The average Bonchev–Trinajstić information content (AvgIpc) is 2.98. The van der Waals surface area contributed by atoms with Crippen molar-refractivity contribution in [2.75, 3.05) is 32.4 Å². The molecule has 1 saturated heterocycles. The number of benzene rings is 1. The smallest absolute Gasteiger partial charge is 0.227 e. The summed E-state index contributed by atoms with van der Waals surface area (Å²) in [7, 11) is 2.11. The largest absolute Gasteiger partial charge is 0.339 e. The van der Waals surface area contributed by atoms with Crippen molar-refractivity contribution in [2.24, 2.45) is 0 Å². The van der Waals surface area contributed by atoms with E-state index in [1.165, 1.54) is 10.5 Å². The molecule has 1 unspecified atom stereocenters. The first kappa shape index (κ1) is 18.3. The summed E-state index contributed by atoms with van der Waals surface area (Å²) in [5.74, 6) is 2.47. The highest BCUT2D eigenvalue weighted by molar-refractivity contribution is 7.99. The summed E-state index contributed by atoms with van der Waals surface area (Å²) >= 11 is 1.82. The molecule has 1 aromatic heterocycles. The van der Waals surface area contributed by atoms with E-state index in [-0.39, 0.29) is 18.4 Å². The first-order valence-electron chi connectivity index (χ1n) is 7.65. The summed E-state index contributed by atoms with van der Waals surface area (Å²) < 4.78 is 5.39. The van der Waals surface area contributed by atoms with Crippen LogP contribution >= 0.6 is 24.2 Å². The number of thioether (sulfide) groups is 1. The Kier molecular flexibility index (Phi) is 6.89. The molecule has 1 fully saturated rings. The Bertz CT molecular complexity index is 604. The van der Waals surface area contributed by atoms with Gasteiger partial charge in [0.1, 0.15) is 0 Å². The molecule has 1 aliphatic rings. The zero-order chi connectivity index (χ0) is 15.4. The summed E-state index contributed by atoms with van der Waals surface area (Å²) in [5.41, 5.74) is 1.29. The highest BCUT2D eigenvalue weighted by atomic mass is 35.5. The summed E-state index contributed by atoms with van der Waals surface area (Å²) in [6.45, 7) is 5.02. The van der Waals surface area contributed by atoms with E-state index in [2.05, 4.69) is 58.6 Å². The van der Waals surface area contributed by atoms with Crippen molar-refractivity contribution >= 4 is 24.2 Å². The summed E-state index contributed by atoms with van der Waals surface area (Å²) in [6.07, 6.45) is 0.801. The molecule has 0 saturated carbocycles. The van der Waals surface area contributed by atoms with E-state index in [9.17, 15) is 0 Å². The fourth-order valence-electron chi connectivity index (χ4n) is 2.49. The minimum atomic E-state index is 0. The maximum absolute atomic E-state index is 5.39. The quantitative estimate of drug-likeness (QED) is 0.833. The van der Waals surface area contributed by atoms with Crippen molar-refractivity contribution in [2.45, 2.75) is 24.3 Å². The number of nitrogens with zero attached hydrogens (tertiary/aromatic N) is 3. The molecule has 0 radical (unpaired) electrons. The van der Waals surface area contributed by atoms with Gasteiger partial charge in [-0.15, -0.1) is 24.2 Å². The van der Waals surface area contributed by atoms with Crippen molar-refractivity contribution in [1.29, 1.82) is 0 Å². The fourth-order valence-corrected chi connectivity index (χ4v) is 3.33. The molecule has 3 rings (SSSR count). The third-order valence-electron chi connectivity index (χ3n) is 3.90. The van der Waals surface area contributed by atoms with Gasteiger partial charge in [-0.05, 0) is 26.1 Å². The van der Waals surface area contributed by atoms with Crippen LogP contribution in [0.2, 0.25) is 0 Å². The zero-order valence-corrected chi connectivity index (χ0v) is 15.1. The highest BCUT2D eigenvalue weighted by Gasteiger charge is 2.25. The Morgan fingerprint density at radius 2 is 2.13 bits per heavy atom. The van der Waals surface area contributed by atoms with Gasteiger partial charge in [-0.1, -0.05) is 22.9 Å². The first-order valence-corrected chi connectivity index (χ1v) is 8.64. The number of hydrogen-bond acceptors (Lipinski definition) is 6. The molecular weight excluding hydrogens is 332 g/mol. The Morgan fingerprint density at radius 1 is 1.35 bits per heavy atom. The van der Waals surface area contributed by atoms with E-state index in [1.807, 2.05) is 11.8 Å². The molecule has 0 bridgehead atoms. The number of rotatable bonds is 5. The van der Waals surface area contributed by atoms with E-state index < -0.39 is 0 Å². The number of halogens is 1. The average molecular weight is 355 g/mol. The minimum absolute atomic E-state index is 0. The number of likely N-dealkylation sites (N-methyl/N-ethyl adjacent to an activating group) is 1. The Morgan fingerprint density at radius 3 is 2.87 bits per heavy atom. The predicted octanol–water partition coefficient (Wildman–Crippen LogP) is 2.71. The van der Waals surface area contributed by atoms with Gasteiger partial charge in [0, 0.05) is 36.7 Å². The number of aromatic nitrogens is 2. The Labute approximate surface area is 147 Å². The number of nitrogens with one attached hydrogen (secondary N) is 1. The number of hydrogen-bond donors (Lipinski definition) is 1. The van der Waals surface area contributed by atoms with Gasteiger partial charge < -0.3 is 9.84 Å². The lowest BCUT2D eigenvalue weighted by Crippen LogP contribution is -2.44. The van der Waals surface area contributed by atoms with Crippen molar-refractivity contribution in [1.82, 2.24) is 20.4 Å². The summed E-state index contributed by atoms with van der Waals surface area (Å²) in [6, 6.07) is 8.80. The molecule has 0 aliphatic carbocycles. The summed E-state index contributed by atoms with van der Waals surface area (Å²) in [5, 5.41) is 7.53. The van der Waals surface area contributed by atoms with E-state index >= 15 is 0 Å². The second-order valence-corrected chi connectivity index (χ2v) is 6.83. The van der Waals surface area contributed by atoms with Crippen molar-refractivity contribution in [3.63, 3.8) is 0 Å². The molecule has 126 valence electrons. The second-order valence-electron chi connectivity index (χ2n) is 5.66. The lowest BCUT2D eigenvalue weighted by atomic mass is 10.2. The van der Waals surface area contributed by atoms with Gasteiger partial charge in [0.25, 0.3) is 0 Å². The molecule has 1 aliphatic heterocycles. The van der Waals surface area contributed by atoms with Gasteiger partial charge >= 0.3 is 0 Å². The number of aryl methyl sites for hydroxylation is 2. The van der Waals surface area contributed by atoms with Crippen LogP contribution in [0, 0.1) is 6.92 Å². The maximum atomic E-state index is 5.39. The standard InChI is InChI=1S/C16H22N4OS.ClH/c1-12-3-5-13(6-4-12)22-10-7-15-18-16(19-21-15)14-11-17-8-9-20(14)2;/h3-6,14,17H,7-11H2,1-2H3;1H. The van der Waals surface area contributed by atoms with Crippen molar-refractivity contribution in [3.05, 3.63) is 41.5 Å². The van der Waals surface area contributed by atoms with Gasteiger partial charge in [-0.3, -0.25) is 4.90 Å². The molecule has 2 heterocycles. The van der Waals surface area contributed by atoms with E-state index in [1.54, 1.807) is 0 Å². The molecule has 1 N–H and O–H groups in total. The second kappa shape index (κ2) is 8.68. The summed E-state index contributed by atoms with van der Waals surface area (Å²) in [4.78, 5) is 8.11. The normalized spacial score (nSPS) is 18.6. The van der Waals surface area contributed by atoms with Crippen LogP contribution in [0.1, 0.15) is 23.3 Å². The van der Waals surface area contributed by atoms with Crippen LogP contribution in [-0.2, 0) is 6.42 Å². The molecule has 7 heteroatoms. The van der Waals surface area contributed by atoms with Crippen LogP contribution in [0.25, 0.3) is 0 Å². The van der Waals surface area contributed by atoms with E-state index in [0.29, 0.717) is 0 Å². The van der Waals surface area contributed by atoms with Gasteiger partial charge in [-0.25, -0.2) is 0 Å². The lowest BCUT2D eigenvalue weighted by molar-refractivity contribution is 0.190. The molecule has 5 nitrogen and oxygen atoms in total. The third kappa shape index (κ3) is 4.94. The zero-order valence-electron chi connectivity index (χ0n) is 13.5. The van der Waals surface area contributed by atoms with E-state index in [4.69, 9.17) is 4.52 Å². The molecule has 23 heavy (non-hydrogen) atoms. The van der Waals surface area contributed by atoms with Gasteiger partial charge in [0.2, 0.25) is 5.89 Å². The van der Waals surface area contributed by atoms with Crippen LogP contribution in [0.4, 0.5) is 0 Å². The third-order valence-corrected chi connectivity index (χ3v) is 4.91. The van der Waals surface area contributed by atoms with Crippen molar-refractivity contribution in [3.8, 4) is 0 Å². The van der Waals surface area contributed by atoms with Crippen LogP contribution in [0.3, 0.4) is 0 Å². The Hall–Kier alpha value is -1.08. The molecule has 2 aromatic rings. The molecule has 1 atom stereocenters. The van der Waals surface area contributed by atoms with Crippen LogP contribution < -0.4 is 5.32 Å². The van der Waals surface area contributed by atoms with Gasteiger partial charge in [0.15, 0.2) is 5.82 Å². The van der Waals surface area contributed by atoms with Crippen molar-refractivity contribution < 1.29 is 4.52 Å². The SMILES string of the molecule is Cc1ccc(SCCc2nc(C3CNCCN3C)no2)cc1.Cl.